The van der Waals surface area contributed by atoms with Gasteiger partial charge in [0.15, 0.2) is 0 Å². The van der Waals surface area contributed by atoms with Gasteiger partial charge in [0.25, 0.3) is 5.91 Å². The molecule has 2 aromatic carbocycles. The molecule has 3 heteroatoms. The highest BCUT2D eigenvalue weighted by Crippen LogP contribution is 2.15. The Labute approximate surface area is 128 Å². The van der Waals surface area contributed by atoms with Crippen molar-refractivity contribution in [3.05, 3.63) is 64.7 Å². The molecule has 0 atom stereocenters. The Morgan fingerprint density at radius 3 is 2.45 bits per heavy atom. The van der Waals surface area contributed by atoms with Crippen LogP contribution in [0, 0.1) is 13.8 Å². The number of anilines is 1. The second-order valence-corrected chi connectivity index (χ2v) is 5.70. The van der Waals surface area contributed by atoms with Crippen LogP contribution in [-0.4, -0.2) is 11.2 Å². The summed E-state index contributed by atoms with van der Waals surface area (Å²) < 4.78 is 0. The molecule has 0 aromatic heterocycles. The molecule has 0 aliphatic heterocycles. The third-order valence-corrected chi connectivity index (χ3v) is 3.63. The van der Waals surface area contributed by atoms with Gasteiger partial charge in [0.1, 0.15) is 0 Å². The van der Waals surface area contributed by atoms with Gasteiger partial charge in [0.05, 0.1) is 0 Å². The Bertz CT molecular complexity index is 605. The van der Waals surface area contributed by atoms with Gasteiger partial charge in [-0.2, -0.15) is 0 Å². The molecule has 2 rings (SSSR count). The summed E-state index contributed by atoms with van der Waals surface area (Å²) in [6, 6.07) is 13.9. The van der Waals surface area contributed by atoms with Gasteiger partial charge < -0.3 is 5.32 Å². The maximum absolute atomic E-state index is 12.3. The molecule has 104 valence electrons. The second-order valence-electron chi connectivity index (χ2n) is 4.91. The van der Waals surface area contributed by atoms with E-state index in [1.807, 2.05) is 56.3 Å². The van der Waals surface area contributed by atoms with E-state index in [9.17, 15) is 4.79 Å². The zero-order valence-electron chi connectivity index (χ0n) is 11.7. The fourth-order valence-electron chi connectivity index (χ4n) is 2.04. The fourth-order valence-corrected chi connectivity index (χ4v) is 2.50. The number of amides is 1. The van der Waals surface area contributed by atoms with E-state index in [1.54, 1.807) is 0 Å². The van der Waals surface area contributed by atoms with E-state index in [4.69, 9.17) is 0 Å². The molecule has 0 aliphatic carbocycles. The van der Waals surface area contributed by atoms with Gasteiger partial charge in [0.2, 0.25) is 0 Å². The van der Waals surface area contributed by atoms with Crippen LogP contribution in [0.1, 0.15) is 27.0 Å². The molecule has 2 nitrogen and oxygen atoms in total. The van der Waals surface area contributed by atoms with Gasteiger partial charge in [-0.15, -0.1) is 0 Å². The minimum atomic E-state index is -0.0561. The van der Waals surface area contributed by atoms with Gasteiger partial charge in [-0.1, -0.05) is 45.8 Å². The lowest BCUT2D eigenvalue weighted by Crippen LogP contribution is -2.13. The first-order valence-electron chi connectivity index (χ1n) is 6.63. The van der Waals surface area contributed by atoms with E-state index in [0.717, 1.165) is 34.1 Å². The molecule has 1 amide bonds. The summed E-state index contributed by atoms with van der Waals surface area (Å²) in [5.74, 6) is -0.0561. The summed E-state index contributed by atoms with van der Waals surface area (Å²) in [6.07, 6.45) is 0.991. The van der Waals surface area contributed by atoms with Crippen LogP contribution in [0.2, 0.25) is 0 Å². The van der Waals surface area contributed by atoms with Gasteiger partial charge in [0, 0.05) is 16.6 Å². The summed E-state index contributed by atoms with van der Waals surface area (Å²) >= 11 is 3.42. The Morgan fingerprint density at radius 2 is 1.80 bits per heavy atom. The Morgan fingerprint density at radius 1 is 1.10 bits per heavy atom. The number of hydrogen-bond donors (Lipinski definition) is 1. The SMILES string of the molecule is Cc1ccc(C)c(C(=O)Nc2ccc(CCBr)cc2)c1. The molecule has 0 saturated carbocycles. The summed E-state index contributed by atoms with van der Waals surface area (Å²) in [5.41, 5.74) is 4.90. The number of benzene rings is 2. The van der Waals surface area contributed by atoms with E-state index >= 15 is 0 Å². The number of nitrogens with one attached hydrogen (secondary N) is 1. The molecular weight excluding hydrogens is 314 g/mol. The van der Waals surface area contributed by atoms with Crippen LogP contribution in [0.3, 0.4) is 0 Å². The number of rotatable bonds is 4. The van der Waals surface area contributed by atoms with Crippen molar-refractivity contribution in [1.29, 1.82) is 0 Å². The van der Waals surface area contributed by atoms with Gasteiger partial charge >= 0.3 is 0 Å². The smallest absolute Gasteiger partial charge is 0.255 e. The third-order valence-electron chi connectivity index (χ3n) is 3.23. The fraction of sp³-hybridized carbons (Fsp3) is 0.235. The molecule has 1 N–H and O–H groups in total. The largest absolute Gasteiger partial charge is 0.322 e. The molecule has 20 heavy (non-hydrogen) atoms. The minimum absolute atomic E-state index is 0.0561. The van der Waals surface area contributed by atoms with Crippen LogP contribution in [0.4, 0.5) is 5.69 Å². The zero-order valence-corrected chi connectivity index (χ0v) is 13.3. The van der Waals surface area contributed by atoms with Gasteiger partial charge in [-0.25, -0.2) is 0 Å². The number of hydrogen-bond acceptors (Lipinski definition) is 1. The lowest BCUT2D eigenvalue weighted by molar-refractivity contribution is 0.102. The van der Waals surface area contributed by atoms with Crippen molar-refractivity contribution in [2.24, 2.45) is 0 Å². The van der Waals surface area contributed by atoms with E-state index in [-0.39, 0.29) is 5.91 Å². The molecule has 0 fully saturated rings. The normalized spacial score (nSPS) is 10.3. The molecule has 0 saturated heterocycles. The molecule has 2 aromatic rings. The summed E-state index contributed by atoms with van der Waals surface area (Å²) in [6.45, 7) is 3.94. The number of alkyl halides is 1. The minimum Gasteiger partial charge on any atom is -0.322 e. The van der Waals surface area contributed by atoms with Crippen molar-refractivity contribution >= 4 is 27.5 Å². The van der Waals surface area contributed by atoms with Crippen molar-refractivity contribution < 1.29 is 4.79 Å². The van der Waals surface area contributed by atoms with Crippen molar-refractivity contribution in [3.63, 3.8) is 0 Å². The van der Waals surface area contributed by atoms with Crippen LogP contribution in [-0.2, 0) is 6.42 Å². The van der Waals surface area contributed by atoms with Crippen LogP contribution in [0.25, 0.3) is 0 Å². The predicted molar refractivity (Wildman–Crippen MR) is 87.8 cm³/mol. The molecule has 0 aliphatic rings. The average molecular weight is 332 g/mol. The van der Waals surface area contributed by atoms with Crippen molar-refractivity contribution in [3.8, 4) is 0 Å². The molecule has 0 spiro atoms. The Hall–Kier alpha value is -1.61. The molecule has 0 heterocycles. The van der Waals surface area contributed by atoms with E-state index in [0.29, 0.717) is 0 Å². The van der Waals surface area contributed by atoms with Gasteiger partial charge in [-0.05, 0) is 49.6 Å². The lowest BCUT2D eigenvalue weighted by Gasteiger charge is -2.09. The van der Waals surface area contributed by atoms with Crippen molar-refractivity contribution in [2.45, 2.75) is 20.3 Å². The number of carbonyl (C=O) groups excluding carboxylic acids is 1. The second kappa shape index (κ2) is 6.71. The van der Waals surface area contributed by atoms with Gasteiger partial charge in [-0.3, -0.25) is 4.79 Å². The zero-order chi connectivity index (χ0) is 14.5. The highest BCUT2D eigenvalue weighted by Gasteiger charge is 2.09. The molecule has 0 bridgehead atoms. The van der Waals surface area contributed by atoms with Crippen molar-refractivity contribution in [2.75, 3.05) is 10.6 Å². The van der Waals surface area contributed by atoms with Crippen LogP contribution >= 0.6 is 15.9 Å². The first-order valence-corrected chi connectivity index (χ1v) is 7.76. The summed E-state index contributed by atoms with van der Waals surface area (Å²) in [5, 5.41) is 3.89. The Balaban J connectivity index is 2.13. The molecular formula is C17H18BrNO. The summed E-state index contributed by atoms with van der Waals surface area (Å²) in [4.78, 5) is 12.3. The first kappa shape index (κ1) is 14.8. The van der Waals surface area contributed by atoms with Crippen LogP contribution < -0.4 is 5.32 Å². The van der Waals surface area contributed by atoms with E-state index in [1.165, 1.54) is 5.56 Å². The number of aryl methyl sites for hydroxylation is 3. The standard InChI is InChI=1S/C17H18BrNO/c1-12-3-4-13(2)16(11-12)17(20)19-15-7-5-14(6-8-15)9-10-18/h3-8,11H,9-10H2,1-2H3,(H,19,20). The highest BCUT2D eigenvalue weighted by molar-refractivity contribution is 9.09. The third kappa shape index (κ3) is 3.70. The lowest BCUT2D eigenvalue weighted by atomic mass is 10.0. The highest BCUT2D eigenvalue weighted by atomic mass is 79.9. The predicted octanol–water partition coefficient (Wildman–Crippen LogP) is 4.49. The molecule has 0 unspecified atom stereocenters. The average Bonchev–Trinajstić information content (AvgIpc) is 2.44. The summed E-state index contributed by atoms with van der Waals surface area (Å²) in [7, 11) is 0. The maximum atomic E-state index is 12.3. The van der Waals surface area contributed by atoms with Crippen molar-refractivity contribution in [1.82, 2.24) is 0 Å². The maximum Gasteiger partial charge on any atom is 0.255 e. The van der Waals surface area contributed by atoms with Crippen LogP contribution in [0.5, 0.6) is 0 Å². The number of carbonyl (C=O) groups is 1. The van der Waals surface area contributed by atoms with E-state index < -0.39 is 0 Å². The monoisotopic (exact) mass is 331 g/mol. The van der Waals surface area contributed by atoms with Crippen LogP contribution in [0.15, 0.2) is 42.5 Å². The quantitative estimate of drug-likeness (QED) is 0.821. The molecule has 0 radical (unpaired) electrons. The van der Waals surface area contributed by atoms with E-state index in [2.05, 4.69) is 21.2 Å². The Kier molecular flexibility index (Phi) is 4.96. The first-order chi connectivity index (χ1) is 9.60. The number of halogens is 1. The topological polar surface area (TPSA) is 29.1 Å².